The van der Waals surface area contributed by atoms with Gasteiger partial charge >= 0.3 is 12.0 Å². The normalized spacial score (nSPS) is 10.2. The third-order valence-corrected chi connectivity index (χ3v) is 3.02. The zero-order chi connectivity index (χ0) is 15.1. The second-order valence-electron chi connectivity index (χ2n) is 4.13. The van der Waals surface area contributed by atoms with Crippen LogP contribution in [0.15, 0.2) is 23.4 Å². The lowest BCUT2D eigenvalue weighted by Crippen LogP contribution is -2.43. The number of urea groups is 1. The van der Waals surface area contributed by atoms with Gasteiger partial charge in [0.2, 0.25) is 5.91 Å². The second-order valence-corrected chi connectivity index (χ2v) is 5.09. The third-order valence-electron chi connectivity index (χ3n) is 2.01. The number of nitrogens with one attached hydrogen (secondary N) is 2. The predicted molar refractivity (Wildman–Crippen MR) is 73.7 cm³/mol. The molecular weight excluding hydrogens is 282 g/mol. The van der Waals surface area contributed by atoms with Crippen molar-refractivity contribution in [3.63, 3.8) is 0 Å². The summed E-state index contributed by atoms with van der Waals surface area (Å²) in [5.41, 5.74) is 0.0249. The van der Waals surface area contributed by atoms with Gasteiger partial charge in [0.25, 0.3) is 0 Å². The van der Waals surface area contributed by atoms with Gasteiger partial charge in [-0.15, -0.1) is 0 Å². The van der Waals surface area contributed by atoms with Gasteiger partial charge in [0, 0.05) is 12.2 Å². The molecule has 0 aliphatic carbocycles. The topological polar surface area (TPSA) is 108 Å². The molecule has 0 atom stereocenters. The number of carbonyl (C=O) groups excluding carboxylic acids is 2. The lowest BCUT2D eigenvalue weighted by molar-refractivity contribution is -0.117. The quantitative estimate of drug-likeness (QED) is 0.702. The van der Waals surface area contributed by atoms with Crippen LogP contribution in [0.3, 0.4) is 0 Å². The van der Waals surface area contributed by atoms with Gasteiger partial charge in [0.15, 0.2) is 0 Å². The number of thioether (sulfide) groups is 1. The average Bonchev–Trinajstić information content (AvgIpc) is 2.35. The maximum Gasteiger partial charge on any atom is 0.338 e. The number of hydrogen-bond donors (Lipinski definition) is 3. The summed E-state index contributed by atoms with van der Waals surface area (Å²) >= 11 is 0.960. The lowest BCUT2D eigenvalue weighted by Gasteiger charge is -2.09. The third kappa shape index (κ3) is 5.27. The van der Waals surface area contributed by atoms with E-state index in [1.807, 2.05) is 0 Å². The summed E-state index contributed by atoms with van der Waals surface area (Å²) in [7, 11) is 0. The Bertz CT molecular complexity index is 519. The molecule has 1 aromatic rings. The van der Waals surface area contributed by atoms with Crippen molar-refractivity contribution >= 4 is 29.7 Å². The minimum Gasteiger partial charge on any atom is -0.478 e. The van der Waals surface area contributed by atoms with E-state index in [1.165, 1.54) is 18.3 Å². The Kier molecular flexibility index (Phi) is 5.98. The molecule has 1 aromatic heterocycles. The van der Waals surface area contributed by atoms with Gasteiger partial charge in [0.05, 0.1) is 11.3 Å². The van der Waals surface area contributed by atoms with E-state index < -0.39 is 17.9 Å². The number of nitrogens with zero attached hydrogens (tertiary/aromatic N) is 1. The Hall–Kier alpha value is -2.09. The number of aromatic carboxylic acids is 1. The van der Waals surface area contributed by atoms with Crippen molar-refractivity contribution < 1.29 is 19.5 Å². The van der Waals surface area contributed by atoms with Gasteiger partial charge in [-0.3, -0.25) is 10.1 Å². The Balaban J connectivity index is 2.53. The van der Waals surface area contributed by atoms with Crippen LogP contribution in [0.2, 0.25) is 0 Å². The molecule has 0 aliphatic rings. The number of imide groups is 1. The monoisotopic (exact) mass is 297 g/mol. The van der Waals surface area contributed by atoms with Crippen LogP contribution in [0.4, 0.5) is 4.79 Å². The fourth-order valence-electron chi connectivity index (χ4n) is 1.26. The van der Waals surface area contributed by atoms with Crippen LogP contribution < -0.4 is 10.6 Å². The van der Waals surface area contributed by atoms with E-state index in [1.54, 1.807) is 13.8 Å². The molecule has 3 N–H and O–H groups in total. The second kappa shape index (κ2) is 7.49. The van der Waals surface area contributed by atoms with Crippen LogP contribution in [-0.4, -0.2) is 39.8 Å². The van der Waals surface area contributed by atoms with E-state index in [0.29, 0.717) is 0 Å². The predicted octanol–water partition coefficient (Wildman–Crippen LogP) is 1.11. The number of rotatable bonds is 5. The molecular formula is C12H15N3O4S. The molecule has 0 fully saturated rings. The van der Waals surface area contributed by atoms with Crippen molar-refractivity contribution in [1.82, 2.24) is 15.6 Å². The summed E-state index contributed by atoms with van der Waals surface area (Å²) in [4.78, 5) is 37.7. The number of hydrogen-bond acceptors (Lipinski definition) is 5. The van der Waals surface area contributed by atoms with Gasteiger partial charge in [-0.1, -0.05) is 11.8 Å². The average molecular weight is 297 g/mol. The zero-order valence-electron chi connectivity index (χ0n) is 11.0. The highest BCUT2D eigenvalue weighted by molar-refractivity contribution is 8.00. The highest BCUT2D eigenvalue weighted by Crippen LogP contribution is 2.19. The van der Waals surface area contributed by atoms with E-state index in [0.717, 1.165) is 11.8 Å². The summed E-state index contributed by atoms with van der Waals surface area (Å²) in [6, 6.07) is 2.25. The first-order valence-corrected chi connectivity index (χ1v) is 6.80. The van der Waals surface area contributed by atoms with Crippen LogP contribution in [0.5, 0.6) is 0 Å². The fourth-order valence-corrected chi connectivity index (χ4v) is 2.05. The molecule has 0 aromatic carbocycles. The highest BCUT2D eigenvalue weighted by atomic mass is 32.2. The summed E-state index contributed by atoms with van der Waals surface area (Å²) in [6.45, 7) is 3.54. The van der Waals surface area contributed by atoms with Gasteiger partial charge in [0.1, 0.15) is 5.03 Å². The molecule has 0 saturated carbocycles. The van der Waals surface area contributed by atoms with Crippen LogP contribution >= 0.6 is 11.8 Å². The Morgan fingerprint density at radius 1 is 1.40 bits per heavy atom. The van der Waals surface area contributed by atoms with Gasteiger partial charge in [-0.2, -0.15) is 0 Å². The van der Waals surface area contributed by atoms with Gasteiger partial charge < -0.3 is 10.4 Å². The van der Waals surface area contributed by atoms with Crippen molar-refractivity contribution in [3.8, 4) is 0 Å². The lowest BCUT2D eigenvalue weighted by atomic mass is 10.3. The standard InChI is InChI=1S/C12H15N3O4S/c1-7(2)14-12(19)15-9(16)6-20-10-8(11(17)18)4-3-5-13-10/h3-5,7H,6H2,1-2H3,(H,17,18)(H2,14,15,16,19). The van der Waals surface area contributed by atoms with Crippen molar-refractivity contribution in [2.75, 3.05) is 5.75 Å². The van der Waals surface area contributed by atoms with Crippen molar-refractivity contribution in [3.05, 3.63) is 23.9 Å². The molecule has 0 aliphatic heterocycles. The summed E-state index contributed by atoms with van der Waals surface area (Å²) < 4.78 is 0. The molecule has 0 radical (unpaired) electrons. The first kappa shape index (κ1) is 16.0. The van der Waals surface area contributed by atoms with Crippen molar-refractivity contribution in [2.45, 2.75) is 24.9 Å². The highest BCUT2D eigenvalue weighted by Gasteiger charge is 2.14. The molecule has 1 heterocycles. The zero-order valence-corrected chi connectivity index (χ0v) is 11.9. The molecule has 0 unspecified atom stereocenters. The number of carboxylic acid groups (broad SMARTS) is 1. The summed E-state index contributed by atoms with van der Waals surface area (Å²) in [5, 5.41) is 13.8. The number of pyridine rings is 1. The molecule has 20 heavy (non-hydrogen) atoms. The summed E-state index contributed by atoms with van der Waals surface area (Å²) in [6.07, 6.45) is 1.44. The number of amides is 3. The molecule has 8 heteroatoms. The molecule has 0 spiro atoms. The van der Waals surface area contributed by atoms with Crippen molar-refractivity contribution in [1.29, 1.82) is 0 Å². The van der Waals surface area contributed by atoms with Crippen LogP contribution in [0, 0.1) is 0 Å². The smallest absolute Gasteiger partial charge is 0.338 e. The molecule has 0 bridgehead atoms. The van der Waals surface area contributed by atoms with E-state index >= 15 is 0 Å². The van der Waals surface area contributed by atoms with Gasteiger partial charge in [-0.25, -0.2) is 14.6 Å². The molecule has 7 nitrogen and oxygen atoms in total. The van der Waals surface area contributed by atoms with Crippen molar-refractivity contribution in [2.24, 2.45) is 0 Å². The van der Waals surface area contributed by atoms with Gasteiger partial charge in [-0.05, 0) is 26.0 Å². The SMILES string of the molecule is CC(C)NC(=O)NC(=O)CSc1ncccc1C(=O)O. The molecule has 1 rings (SSSR count). The van der Waals surface area contributed by atoms with E-state index in [-0.39, 0.29) is 22.4 Å². The fraction of sp³-hybridized carbons (Fsp3) is 0.333. The maximum absolute atomic E-state index is 11.5. The minimum atomic E-state index is -1.11. The van der Waals surface area contributed by atoms with E-state index in [9.17, 15) is 14.4 Å². The molecule has 108 valence electrons. The first-order valence-electron chi connectivity index (χ1n) is 5.81. The van der Waals surface area contributed by atoms with E-state index in [2.05, 4.69) is 15.6 Å². The largest absolute Gasteiger partial charge is 0.478 e. The summed E-state index contributed by atoms with van der Waals surface area (Å²) in [5.74, 6) is -1.73. The van der Waals surface area contributed by atoms with Crippen LogP contribution in [-0.2, 0) is 4.79 Å². The Labute approximate surface area is 120 Å². The van der Waals surface area contributed by atoms with Crippen LogP contribution in [0.1, 0.15) is 24.2 Å². The first-order chi connectivity index (χ1) is 9.40. The Morgan fingerprint density at radius 3 is 2.70 bits per heavy atom. The number of carbonyl (C=O) groups is 3. The molecule has 0 saturated heterocycles. The number of aromatic nitrogens is 1. The Morgan fingerprint density at radius 2 is 2.10 bits per heavy atom. The van der Waals surface area contributed by atoms with Crippen LogP contribution in [0.25, 0.3) is 0 Å². The van der Waals surface area contributed by atoms with E-state index in [4.69, 9.17) is 5.11 Å². The molecule has 3 amide bonds. The number of carboxylic acids is 1. The minimum absolute atomic E-state index is 0.0249. The maximum atomic E-state index is 11.5.